The summed E-state index contributed by atoms with van der Waals surface area (Å²) in [6.07, 6.45) is 3.32. The summed E-state index contributed by atoms with van der Waals surface area (Å²) in [6.45, 7) is 5.30. The Hall–Kier alpha value is -0.830. The summed E-state index contributed by atoms with van der Waals surface area (Å²) in [5.74, 6) is 0. The Morgan fingerprint density at radius 2 is 2.15 bits per heavy atom. The molecular formula is C17H22ClNS. The fourth-order valence-electron chi connectivity index (χ4n) is 2.34. The first-order valence-corrected chi connectivity index (χ1v) is 8.48. The van der Waals surface area contributed by atoms with Gasteiger partial charge in [0.2, 0.25) is 0 Å². The predicted molar refractivity (Wildman–Crippen MR) is 89.9 cm³/mol. The molecule has 0 aliphatic rings. The van der Waals surface area contributed by atoms with Gasteiger partial charge in [-0.3, -0.25) is 0 Å². The number of hydrogen-bond acceptors (Lipinski definition) is 2. The number of rotatable bonds is 7. The fraction of sp³-hybridized carbons (Fsp3) is 0.412. The number of benzene rings is 1. The molecule has 0 spiro atoms. The van der Waals surface area contributed by atoms with Crippen LogP contribution in [0, 0.1) is 6.92 Å². The van der Waals surface area contributed by atoms with Crippen molar-refractivity contribution in [2.75, 3.05) is 6.54 Å². The van der Waals surface area contributed by atoms with Gasteiger partial charge in [-0.2, -0.15) is 0 Å². The van der Waals surface area contributed by atoms with Gasteiger partial charge in [-0.15, -0.1) is 11.3 Å². The van der Waals surface area contributed by atoms with Crippen molar-refractivity contribution in [2.45, 2.75) is 39.2 Å². The smallest absolute Gasteiger partial charge is 0.0456 e. The van der Waals surface area contributed by atoms with E-state index in [0.717, 1.165) is 30.8 Å². The van der Waals surface area contributed by atoms with Gasteiger partial charge in [0.25, 0.3) is 0 Å². The van der Waals surface area contributed by atoms with E-state index >= 15 is 0 Å². The van der Waals surface area contributed by atoms with Crippen LogP contribution in [0.2, 0.25) is 5.02 Å². The van der Waals surface area contributed by atoms with Gasteiger partial charge < -0.3 is 5.32 Å². The molecule has 0 amide bonds. The summed E-state index contributed by atoms with van der Waals surface area (Å²) in [4.78, 5) is 1.44. The number of halogens is 1. The van der Waals surface area contributed by atoms with E-state index in [1.54, 1.807) is 0 Å². The average molecular weight is 308 g/mol. The highest BCUT2D eigenvalue weighted by Crippen LogP contribution is 2.28. The summed E-state index contributed by atoms with van der Waals surface area (Å²) >= 11 is 8.26. The second kappa shape index (κ2) is 7.82. The van der Waals surface area contributed by atoms with Crippen LogP contribution in [0.5, 0.6) is 0 Å². The molecule has 0 fully saturated rings. The molecule has 0 radical (unpaired) electrons. The standard InChI is InChI=1S/C17H22ClNS/c1-3-10-19-17(9-7-14-5-4-11-20-14)15-8-6-13(2)12-16(15)18/h4-6,8,11-12,17,19H,3,7,9-10H2,1-2H3. The molecule has 1 unspecified atom stereocenters. The normalized spacial score (nSPS) is 12.6. The maximum absolute atomic E-state index is 6.43. The fourth-order valence-corrected chi connectivity index (χ4v) is 3.43. The maximum Gasteiger partial charge on any atom is 0.0456 e. The zero-order chi connectivity index (χ0) is 14.4. The Kier molecular flexibility index (Phi) is 6.08. The van der Waals surface area contributed by atoms with Crippen LogP contribution < -0.4 is 5.32 Å². The van der Waals surface area contributed by atoms with Crippen LogP contribution in [0.4, 0.5) is 0 Å². The second-order valence-electron chi connectivity index (χ2n) is 5.15. The van der Waals surface area contributed by atoms with Crippen LogP contribution in [-0.4, -0.2) is 6.54 Å². The van der Waals surface area contributed by atoms with E-state index in [0.29, 0.717) is 6.04 Å². The molecule has 1 heterocycles. The first-order valence-electron chi connectivity index (χ1n) is 7.22. The van der Waals surface area contributed by atoms with Crippen molar-refractivity contribution in [3.63, 3.8) is 0 Å². The molecule has 108 valence electrons. The molecule has 0 aliphatic carbocycles. The molecule has 1 aromatic heterocycles. The van der Waals surface area contributed by atoms with Gasteiger partial charge in [-0.1, -0.05) is 36.7 Å². The van der Waals surface area contributed by atoms with Crippen molar-refractivity contribution in [2.24, 2.45) is 0 Å². The first kappa shape index (κ1) is 15.6. The van der Waals surface area contributed by atoms with E-state index in [4.69, 9.17) is 11.6 Å². The third kappa shape index (κ3) is 4.34. The van der Waals surface area contributed by atoms with Gasteiger partial charge in [-0.05, 0) is 61.4 Å². The molecule has 1 atom stereocenters. The average Bonchev–Trinajstić information content (AvgIpc) is 2.93. The first-order chi connectivity index (χ1) is 9.70. The molecule has 1 nitrogen and oxygen atoms in total. The van der Waals surface area contributed by atoms with E-state index in [-0.39, 0.29) is 0 Å². The number of thiophene rings is 1. The number of hydrogen-bond donors (Lipinski definition) is 1. The van der Waals surface area contributed by atoms with Crippen molar-refractivity contribution < 1.29 is 0 Å². The number of aryl methyl sites for hydroxylation is 2. The second-order valence-corrected chi connectivity index (χ2v) is 6.59. The zero-order valence-corrected chi connectivity index (χ0v) is 13.7. The quantitative estimate of drug-likeness (QED) is 0.723. The van der Waals surface area contributed by atoms with Crippen LogP contribution in [-0.2, 0) is 6.42 Å². The van der Waals surface area contributed by atoms with Crippen LogP contribution in [0.25, 0.3) is 0 Å². The number of nitrogens with one attached hydrogen (secondary N) is 1. The molecule has 0 bridgehead atoms. The maximum atomic E-state index is 6.43. The Bertz CT molecular complexity index is 522. The van der Waals surface area contributed by atoms with Gasteiger partial charge >= 0.3 is 0 Å². The Morgan fingerprint density at radius 3 is 2.80 bits per heavy atom. The minimum absolute atomic E-state index is 0.338. The van der Waals surface area contributed by atoms with Crippen LogP contribution in [0.3, 0.4) is 0 Å². The lowest BCUT2D eigenvalue weighted by Crippen LogP contribution is -2.23. The van der Waals surface area contributed by atoms with E-state index < -0.39 is 0 Å². The van der Waals surface area contributed by atoms with Crippen molar-refractivity contribution >= 4 is 22.9 Å². The lowest BCUT2D eigenvalue weighted by molar-refractivity contribution is 0.501. The largest absolute Gasteiger partial charge is 0.310 e. The van der Waals surface area contributed by atoms with E-state index in [2.05, 4.69) is 54.9 Å². The van der Waals surface area contributed by atoms with E-state index in [9.17, 15) is 0 Å². The summed E-state index contributed by atoms with van der Waals surface area (Å²) in [5, 5.41) is 6.65. The highest BCUT2D eigenvalue weighted by atomic mass is 35.5. The third-order valence-corrected chi connectivity index (χ3v) is 4.70. The van der Waals surface area contributed by atoms with Crippen LogP contribution >= 0.6 is 22.9 Å². The van der Waals surface area contributed by atoms with Gasteiger partial charge in [0, 0.05) is 15.9 Å². The summed E-state index contributed by atoms with van der Waals surface area (Å²) < 4.78 is 0. The van der Waals surface area contributed by atoms with Crippen molar-refractivity contribution in [1.29, 1.82) is 0 Å². The minimum Gasteiger partial charge on any atom is -0.310 e. The zero-order valence-electron chi connectivity index (χ0n) is 12.2. The molecule has 3 heteroatoms. The monoisotopic (exact) mass is 307 g/mol. The highest BCUT2D eigenvalue weighted by molar-refractivity contribution is 7.09. The molecular weight excluding hydrogens is 286 g/mol. The molecule has 2 aromatic rings. The molecule has 1 aromatic carbocycles. The molecule has 0 saturated carbocycles. The van der Waals surface area contributed by atoms with Crippen LogP contribution in [0.1, 0.15) is 41.8 Å². The van der Waals surface area contributed by atoms with Gasteiger partial charge in [0.05, 0.1) is 0 Å². The Morgan fingerprint density at radius 1 is 1.30 bits per heavy atom. The SMILES string of the molecule is CCCNC(CCc1cccs1)c1ccc(C)cc1Cl. The Labute approximate surface area is 131 Å². The van der Waals surface area contributed by atoms with Gasteiger partial charge in [0.1, 0.15) is 0 Å². The lowest BCUT2D eigenvalue weighted by atomic mass is 10.00. The van der Waals surface area contributed by atoms with Crippen molar-refractivity contribution in [3.05, 3.63) is 56.7 Å². The molecule has 1 N–H and O–H groups in total. The molecule has 0 saturated heterocycles. The minimum atomic E-state index is 0.338. The molecule has 2 rings (SSSR count). The molecule has 0 aliphatic heterocycles. The van der Waals surface area contributed by atoms with E-state index in [1.165, 1.54) is 16.0 Å². The Balaban J connectivity index is 2.09. The van der Waals surface area contributed by atoms with Gasteiger partial charge in [0.15, 0.2) is 0 Å². The van der Waals surface area contributed by atoms with Gasteiger partial charge in [-0.25, -0.2) is 0 Å². The van der Waals surface area contributed by atoms with E-state index in [1.807, 2.05) is 11.3 Å². The summed E-state index contributed by atoms with van der Waals surface area (Å²) in [5.41, 5.74) is 2.44. The van der Waals surface area contributed by atoms with Crippen molar-refractivity contribution in [1.82, 2.24) is 5.32 Å². The third-order valence-electron chi connectivity index (χ3n) is 3.43. The van der Waals surface area contributed by atoms with Crippen molar-refractivity contribution in [3.8, 4) is 0 Å². The van der Waals surface area contributed by atoms with Crippen LogP contribution in [0.15, 0.2) is 35.7 Å². The summed E-state index contributed by atoms with van der Waals surface area (Å²) in [7, 11) is 0. The molecule has 20 heavy (non-hydrogen) atoms. The highest BCUT2D eigenvalue weighted by Gasteiger charge is 2.14. The lowest BCUT2D eigenvalue weighted by Gasteiger charge is -2.20. The topological polar surface area (TPSA) is 12.0 Å². The summed E-state index contributed by atoms with van der Waals surface area (Å²) in [6, 6.07) is 11.0. The predicted octanol–water partition coefficient (Wildman–Crippen LogP) is 5.38.